The number of hydrogen-bond acceptors (Lipinski definition) is 2. The lowest BCUT2D eigenvalue weighted by Gasteiger charge is -2.04. The first kappa shape index (κ1) is 11.2. The van der Waals surface area contributed by atoms with Crippen LogP contribution in [-0.2, 0) is 13.2 Å². The fourth-order valence-electron chi connectivity index (χ4n) is 1.41. The van der Waals surface area contributed by atoms with Gasteiger partial charge in [-0.3, -0.25) is 4.68 Å². The maximum Gasteiger partial charge on any atom is 0.172 e. The Balaban J connectivity index is 2.02. The van der Waals surface area contributed by atoms with Crippen molar-refractivity contribution < 1.29 is 4.74 Å². The molecule has 84 valence electrons. The molecule has 1 aromatic carbocycles. The van der Waals surface area contributed by atoms with Crippen LogP contribution in [0.2, 0.25) is 0 Å². The third-order valence-corrected chi connectivity index (χ3v) is 3.08. The lowest BCUT2D eigenvalue weighted by atomic mass is 10.2. The summed E-state index contributed by atoms with van der Waals surface area (Å²) in [4.78, 5) is 0. The van der Waals surface area contributed by atoms with Gasteiger partial charge < -0.3 is 4.74 Å². The quantitative estimate of drug-likeness (QED) is 0.860. The standard InChI is InChI=1S/C12H13BrN2O/c1-2-15-12(13)11(8-14-15)16-9-10-6-4-3-5-7-10/h3-8H,2,9H2,1H3. The van der Waals surface area contributed by atoms with E-state index in [9.17, 15) is 0 Å². The van der Waals surface area contributed by atoms with Gasteiger partial charge in [0.1, 0.15) is 11.2 Å². The molecule has 2 rings (SSSR count). The number of nitrogens with zero attached hydrogens (tertiary/aromatic N) is 2. The Bertz CT molecular complexity index is 453. The predicted octanol–water partition coefficient (Wildman–Crippen LogP) is 3.24. The van der Waals surface area contributed by atoms with Crippen molar-refractivity contribution in [2.24, 2.45) is 0 Å². The van der Waals surface area contributed by atoms with Gasteiger partial charge in [-0.05, 0) is 28.4 Å². The van der Waals surface area contributed by atoms with E-state index in [0.29, 0.717) is 6.61 Å². The maximum atomic E-state index is 5.68. The molecule has 0 aliphatic rings. The van der Waals surface area contributed by atoms with Crippen molar-refractivity contribution in [1.29, 1.82) is 0 Å². The highest BCUT2D eigenvalue weighted by Crippen LogP contribution is 2.24. The van der Waals surface area contributed by atoms with Gasteiger partial charge in [-0.15, -0.1) is 0 Å². The molecule has 0 spiro atoms. The molecule has 0 unspecified atom stereocenters. The summed E-state index contributed by atoms with van der Waals surface area (Å²) in [6.07, 6.45) is 1.73. The minimum absolute atomic E-state index is 0.564. The molecule has 0 bridgehead atoms. The van der Waals surface area contributed by atoms with Crippen LogP contribution in [0.15, 0.2) is 41.1 Å². The monoisotopic (exact) mass is 280 g/mol. The molecule has 2 aromatic rings. The molecule has 0 radical (unpaired) electrons. The Morgan fingerprint density at radius 2 is 2.06 bits per heavy atom. The molecule has 0 saturated heterocycles. The summed E-state index contributed by atoms with van der Waals surface area (Å²) in [5, 5.41) is 4.19. The summed E-state index contributed by atoms with van der Waals surface area (Å²) >= 11 is 3.46. The fourth-order valence-corrected chi connectivity index (χ4v) is 1.97. The smallest absolute Gasteiger partial charge is 0.172 e. The van der Waals surface area contributed by atoms with E-state index < -0.39 is 0 Å². The number of rotatable bonds is 4. The molecule has 0 aliphatic carbocycles. The highest BCUT2D eigenvalue weighted by atomic mass is 79.9. The van der Waals surface area contributed by atoms with Gasteiger partial charge >= 0.3 is 0 Å². The summed E-state index contributed by atoms with van der Waals surface area (Å²) < 4.78 is 8.42. The Hall–Kier alpha value is -1.29. The van der Waals surface area contributed by atoms with Gasteiger partial charge in [-0.25, -0.2) is 0 Å². The van der Waals surface area contributed by atoms with Gasteiger partial charge in [0.15, 0.2) is 5.75 Å². The van der Waals surface area contributed by atoms with Crippen LogP contribution in [0, 0.1) is 0 Å². The van der Waals surface area contributed by atoms with E-state index in [1.165, 1.54) is 0 Å². The first-order valence-corrected chi connectivity index (χ1v) is 5.98. The van der Waals surface area contributed by atoms with Crippen molar-refractivity contribution in [2.75, 3.05) is 0 Å². The molecule has 0 N–H and O–H groups in total. The van der Waals surface area contributed by atoms with Crippen molar-refractivity contribution in [3.63, 3.8) is 0 Å². The molecule has 0 saturated carbocycles. The number of hydrogen-bond donors (Lipinski definition) is 0. The molecule has 1 aromatic heterocycles. The van der Waals surface area contributed by atoms with Crippen molar-refractivity contribution in [2.45, 2.75) is 20.1 Å². The largest absolute Gasteiger partial charge is 0.484 e. The third-order valence-electron chi connectivity index (χ3n) is 2.28. The number of aryl methyl sites for hydroxylation is 1. The Kier molecular flexibility index (Phi) is 3.62. The topological polar surface area (TPSA) is 27.1 Å². The first-order valence-electron chi connectivity index (χ1n) is 5.19. The predicted molar refractivity (Wildman–Crippen MR) is 66.4 cm³/mol. The summed E-state index contributed by atoms with van der Waals surface area (Å²) in [5.41, 5.74) is 1.15. The Labute approximate surface area is 103 Å². The second-order valence-corrected chi connectivity index (χ2v) is 4.14. The number of aromatic nitrogens is 2. The van der Waals surface area contributed by atoms with E-state index in [2.05, 4.69) is 21.0 Å². The number of benzene rings is 1. The van der Waals surface area contributed by atoms with Crippen molar-refractivity contribution in [1.82, 2.24) is 9.78 Å². The molecule has 0 amide bonds. The molecule has 0 atom stereocenters. The summed E-state index contributed by atoms with van der Waals surface area (Å²) in [6, 6.07) is 10.1. The van der Waals surface area contributed by atoms with E-state index in [-0.39, 0.29) is 0 Å². The van der Waals surface area contributed by atoms with Gasteiger partial charge in [0.2, 0.25) is 0 Å². The van der Waals surface area contributed by atoms with Crippen LogP contribution in [0.3, 0.4) is 0 Å². The first-order chi connectivity index (χ1) is 7.81. The van der Waals surface area contributed by atoms with Gasteiger partial charge in [-0.2, -0.15) is 5.10 Å². The summed E-state index contributed by atoms with van der Waals surface area (Å²) in [7, 11) is 0. The molecule has 4 heteroatoms. The fraction of sp³-hybridized carbons (Fsp3) is 0.250. The van der Waals surface area contributed by atoms with Crippen molar-refractivity contribution >= 4 is 15.9 Å². The molecule has 16 heavy (non-hydrogen) atoms. The average molecular weight is 281 g/mol. The van der Waals surface area contributed by atoms with Gasteiger partial charge in [0.05, 0.1) is 6.20 Å². The van der Waals surface area contributed by atoms with Crippen molar-refractivity contribution in [3.8, 4) is 5.75 Å². The van der Waals surface area contributed by atoms with E-state index in [4.69, 9.17) is 4.74 Å². The Morgan fingerprint density at radius 3 is 2.69 bits per heavy atom. The van der Waals surface area contributed by atoms with Crippen LogP contribution in [0.1, 0.15) is 12.5 Å². The lowest BCUT2D eigenvalue weighted by Crippen LogP contribution is -1.97. The molecular formula is C12H13BrN2O. The molecule has 1 heterocycles. The van der Waals surface area contributed by atoms with Crippen LogP contribution >= 0.6 is 15.9 Å². The van der Waals surface area contributed by atoms with Gasteiger partial charge in [-0.1, -0.05) is 30.3 Å². The molecular weight excluding hydrogens is 268 g/mol. The highest BCUT2D eigenvalue weighted by Gasteiger charge is 2.07. The maximum absolute atomic E-state index is 5.68. The number of halogens is 1. The van der Waals surface area contributed by atoms with Crippen molar-refractivity contribution in [3.05, 3.63) is 46.7 Å². The summed E-state index contributed by atoms with van der Waals surface area (Å²) in [5.74, 6) is 0.783. The van der Waals surface area contributed by atoms with Crippen LogP contribution in [-0.4, -0.2) is 9.78 Å². The zero-order chi connectivity index (χ0) is 11.4. The van der Waals surface area contributed by atoms with Gasteiger partial charge in [0.25, 0.3) is 0 Å². The summed E-state index contributed by atoms with van der Waals surface area (Å²) in [6.45, 7) is 3.43. The van der Waals surface area contributed by atoms with E-state index in [0.717, 1.165) is 22.5 Å². The molecule has 0 aliphatic heterocycles. The zero-order valence-electron chi connectivity index (χ0n) is 9.06. The minimum Gasteiger partial charge on any atom is -0.484 e. The molecule has 3 nitrogen and oxygen atoms in total. The SMILES string of the molecule is CCn1ncc(OCc2ccccc2)c1Br. The number of ether oxygens (including phenoxy) is 1. The minimum atomic E-state index is 0.564. The second-order valence-electron chi connectivity index (χ2n) is 3.39. The van der Waals surface area contributed by atoms with E-state index in [1.54, 1.807) is 6.20 Å². The van der Waals surface area contributed by atoms with E-state index in [1.807, 2.05) is 41.9 Å². The normalized spacial score (nSPS) is 10.4. The highest BCUT2D eigenvalue weighted by molar-refractivity contribution is 9.10. The average Bonchev–Trinajstić information content (AvgIpc) is 2.69. The third kappa shape index (κ3) is 2.44. The van der Waals surface area contributed by atoms with Crippen LogP contribution in [0.25, 0.3) is 0 Å². The van der Waals surface area contributed by atoms with Crippen LogP contribution < -0.4 is 4.74 Å². The van der Waals surface area contributed by atoms with E-state index >= 15 is 0 Å². The van der Waals surface area contributed by atoms with Crippen LogP contribution in [0.5, 0.6) is 5.75 Å². The van der Waals surface area contributed by atoms with Gasteiger partial charge in [0, 0.05) is 6.54 Å². The lowest BCUT2D eigenvalue weighted by molar-refractivity contribution is 0.303. The van der Waals surface area contributed by atoms with Crippen LogP contribution in [0.4, 0.5) is 0 Å². The molecule has 0 fully saturated rings. The second kappa shape index (κ2) is 5.16. The Morgan fingerprint density at radius 1 is 1.31 bits per heavy atom. The zero-order valence-corrected chi connectivity index (χ0v) is 10.6.